The fourth-order valence-corrected chi connectivity index (χ4v) is 2.35. The Hall–Kier alpha value is -1.86. The van der Waals surface area contributed by atoms with Crippen molar-refractivity contribution in [2.75, 3.05) is 19.4 Å². The minimum Gasteiger partial charge on any atom is -0.446 e. The Morgan fingerprint density at radius 2 is 2.00 bits per heavy atom. The molecule has 0 bridgehead atoms. The van der Waals surface area contributed by atoms with Crippen molar-refractivity contribution in [2.45, 2.75) is 18.6 Å². The number of pyridine rings is 1. The molecule has 108 valence electrons. The molecule has 0 atom stereocenters. The lowest BCUT2D eigenvalue weighted by molar-refractivity contribution is 0.402. The molecule has 20 heavy (non-hydrogen) atoms. The van der Waals surface area contributed by atoms with Gasteiger partial charge < -0.3 is 9.73 Å². The third-order valence-electron chi connectivity index (χ3n) is 2.75. The van der Waals surface area contributed by atoms with Crippen LogP contribution in [0.1, 0.15) is 11.5 Å². The summed E-state index contributed by atoms with van der Waals surface area (Å²) < 4.78 is 30.2. The normalized spacial score (nSPS) is 11.8. The molecule has 7 heteroatoms. The second-order valence-corrected chi connectivity index (χ2v) is 6.63. The molecule has 0 aliphatic rings. The van der Waals surface area contributed by atoms with Crippen LogP contribution in [-0.2, 0) is 16.6 Å². The molecule has 0 saturated heterocycles. The van der Waals surface area contributed by atoms with Crippen LogP contribution in [0.3, 0.4) is 0 Å². The van der Waals surface area contributed by atoms with E-state index >= 15 is 0 Å². The van der Waals surface area contributed by atoms with Crippen LogP contribution in [0.5, 0.6) is 0 Å². The summed E-state index contributed by atoms with van der Waals surface area (Å²) in [6.45, 7) is 2.31. The van der Waals surface area contributed by atoms with E-state index in [0.29, 0.717) is 12.3 Å². The van der Waals surface area contributed by atoms with Crippen molar-refractivity contribution in [3.05, 3.63) is 41.9 Å². The minimum atomic E-state index is -3.52. The molecule has 6 nitrogen and oxygen atoms in total. The number of sulfonamides is 1. The van der Waals surface area contributed by atoms with Gasteiger partial charge in [-0.3, -0.25) is 4.98 Å². The lowest BCUT2D eigenvalue weighted by Gasteiger charge is -2.08. The highest BCUT2D eigenvalue weighted by Gasteiger charge is 2.21. The maximum atomic E-state index is 11.9. The van der Waals surface area contributed by atoms with Gasteiger partial charge in [-0.15, -0.1) is 0 Å². The quantitative estimate of drug-likeness (QED) is 0.911. The van der Waals surface area contributed by atoms with E-state index in [-0.39, 0.29) is 5.09 Å². The molecule has 2 rings (SSSR count). The molecule has 0 saturated carbocycles. The number of nitrogens with zero attached hydrogens (tertiary/aromatic N) is 2. The van der Waals surface area contributed by atoms with Gasteiger partial charge in [-0.2, -0.15) is 0 Å². The lowest BCUT2D eigenvalue weighted by atomic mass is 10.3. The van der Waals surface area contributed by atoms with Gasteiger partial charge in [0.15, 0.2) is 0 Å². The number of aryl methyl sites for hydroxylation is 1. The smallest absolute Gasteiger partial charge is 0.275 e. The van der Waals surface area contributed by atoms with Crippen LogP contribution < -0.4 is 5.32 Å². The van der Waals surface area contributed by atoms with Crippen LogP contribution in [0, 0.1) is 6.92 Å². The highest BCUT2D eigenvalue weighted by molar-refractivity contribution is 7.88. The molecular formula is C13H17N3O3S. The fourth-order valence-electron chi connectivity index (χ4n) is 1.53. The predicted octanol–water partition coefficient (Wildman–Crippen LogP) is 1.85. The average Bonchev–Trinajstić information content (AvgIpc) is 2.87. The second-order valence-electron chi connectivity index (χ2n) is 4.55. The van der Waals surface area contributed by atoms with Crippen LogP contribution >= 0.6 is 0 Å². The first-order valence-electron chi connectivity index (χ1n) is 6.07. The number of hydrogen-bond donors (Lipinski definition) is 1. The van der Waals surface area contributed by atoms with E-state index in [0.717, 1.165) is 15.7 Å². The van der Waals surface area contributed by atoms with Gasteiger partial charge in [-0.25, -0.2) is 12.7 Å². The predicted molar refractivity (Wildman–Crippen MR) is 75.9 cm³/mol. The van der Waals surface area contributed by atoms with Gasteiger partial charge in [0.25, 0.3) is 10.0 Å². The Bertz CT molecular complexity index is 675. The van der Waals surface area contributed by atoms with E-state index in [9.17, 15) is 8.42 Å². The summed E-state index contributed by atoms with van der Waals surface area (Å²) in [7, 11) is -0.586. The first kappa shape index (κ1) is 14.5. The third-order valence-corrected chi connectivity index (χ3v) is 4.44. The maximum Gasteiger partial charge on any atom is 0.275 e. The van der Waals surface area contributed by atoms with Crippen molar-refractivity contribution < 1.29 is 12.8 Å². The Morgan fingerprint density at radius 1 is 1.25 bits per heavy atom. The van der Waals surface area contributed by atoms with Crippen molar-refractivity contribution in [3.63, 3.8) is 0 Å². The molecule has 0 spiro atoms. The van der Waals surface area contributed by atoms with Gasteiger partial charge in [-0.1, -0.05) is 0 Å². The molecule has 2 heterocycles. The first-order valence-corrected chi connectivity index (χ1v) is 7.51. The Balaban J connectivity index is 2.05. The summed E-state index contributed by atoms with van der Waals surface area (Å²) in [5.74, 6) is 0.547. The largest absolute Gasteiger partial charge is 0.446 e. The fraction of sp³-hybridized carbons (Fsp3) is 0.308. The standard InChI is InChI=1S/C13H17N3O3S/c1-10-4-5-11(8-14-10)15-9-12-6-7-13(19-12)20(17,18)16(2)3/h4-8,15H,9H2,1-3H3. The van der Waals surface area contributed by atoms with Crippen molar-refractivity contribution >= 4 is 15.7 Å². The number of nitrogens with one attached hydrogen (secondary N) is 1. The maximum absolute atomic E-state index is 11.9. The highest BCUT2D eigenvalue weighted by atomic mass is 32.2. The van der Waals surface area contributed by atoms with Crippen molar-refractivity contribution in [1.29, 1.82) is 0 Å². The van der Waals surface area contributed by atoms with Crippen LogP contribution in [0.4, 0.5) is 5.69 Å². The van der Waals surface area contributed by atoms with E-state index < -0.39 is 10.0 Å². The van der Waals surface area contributed by atoms with Gasteiger partial charge in [0.05, 0.1) is 18.4 Å². The number of rotatable bonds is 5. The topological polar surface area (TPSA) is 75.4 Å². The minimum absolute atomic E-state index is 0.0543. The van der Waals surface area contributed by atoms with Crippen molar-refractivity contribution in [2.24, 2.45) is 0 Å². The summed E-state index contributed by atoms with van der Waals surface area (Å²) >= 11 is 0. The van der Waals surface area contributed by atoms with Gasteiger partial charge in [0.2, 0.25) is 5.09 Å². The van der Waals surface area contributed by atoms with Crippen LogP contribution in [0.25, 0.3) is 0 Å². The first-order chi connectivity index (χ1) is 9.39. The second kappa shape index (κ2) is 5.64. The molecule has 0 aliphatic heterocycles. The van der Waals surface area contributed by atoms with Crippen molar-refractivity contribution in [1.82, 2.24) is 9.29 Å². The van der Waals surface area contributed by atoms with Crippen LogP contribution in [-0.4, -0.2) is 31.8 Å². The molecule has 0 radical (unpaired) electrons. The molecule has 0 unspecified atom stereocenters. The van der Waals surface area contributed by atoms with E-state index in [2.05, 4.69) is 10.3 Å². The number of anilines is 1. The van der Waals surface area contributed by atoms with Gasteiger partial charge in [0.1, 0.15) is 5.76 Å². The Kier molecular flexibility index (Phi) is 4.10. The third kappa shape index (κ3) is 3.17. The summed E-state index contributed by atoms with van der Waals surface area (Å²) in [5.41, 5.74) is 1.79. The monoisotopic (exact) mass is 295 g/mol. The number of hydrogen-bond acceptors (Lipinski definition) is 5. The zero-order valence-electron chi connectivity index (χ0n) is 11.6. The van der Waals surface area contributed by atoms with Gasteiger partial charge in [-0.05, 0) is 31.2 Å². The molecule has 0 amide bonds. The number of furan rings is 1. The van der Waals surface area contributed by atoms with Crippen LogP contribution in [0.2, 0.25) is 0 Å². The van der Waals surface area contributed by atoms with Gasteiger partial charge in [0, 0.05) is 19.8 Å². The van der Waals surface area contributed by atoms with Crippen LogP contribution in [0.15, 0.2) is 40.0 Å². The molecule has 0 aliphatic carbocycles. The van der Waals surface area contributed by atoms with Crippen molar-refractivity contribution in [3.8, 4) is 0 Å². The van der Waals surface area contributed by atoms with E-state index in [1.807, 2.05) is 19.1 Å². The molecule has 2 aromatic rings. The Labute approximate surface area is 118 Å². The summed E-state index contributed by atoms with van der Waals surface area (Å²) in [6, 6.07) is 6.90. The Morgan fingerprint density at radius 3 is 2.60 bits per heavy atom. The van der Waals surface area contributed by atoms with E-state index in [1.54, 1.807) is 12.3 Å². The summed E-state index contributed by atoms with van der Waals surface area (Å²) in [4.78, 5) is 4.16. The molecule has 0 fully saturated rings. The molecule has 1 N–H and O–H groups in total. The molecule has 0 aromatic carbocycles. The molecule has 2 aromatic heterocycles. The van der Waals surface area contributed by atoms with E-state index in [4.69, 9.17) is 4.42 Å². The average molecular weight is 295 g/mol. The zero-order valence-corrected chi connectivity index (χ0v) is 12.4. The molecular weight excluding hydrogens is 278 g/mol. The van der Waals surface area contributed by atoms with Gasteiger partial charge >= 0.3 is 0 Å². The summed E-state index contributed by atoms with van der Waals surface area (Å²) in [6.07, 6.45) is 1.72. The highest BCUT2D eigenvalue weighted by Crippen LogP contribution is 2.17. The number of aromatic nitrogens is 1. The zero-order chi connectivity index (χ0) is 14.8. The van der Waals surface area contributed by atoms with E-state index in [1.165, 1.54) is 20.2 Å². The lowest BCUT2D eigenvalue weighted by Crippen LogP contribution is -2.21. The SMILES string of the molecule is Cc1ccc(NCc2ccc(S(=O)(=O)N(C)C)o2)cn1. The summed E-state index contributed by atoms with van der Waals surface area (Å²) in [5, 5.41) is 3.06.